The summed E-state index contributed by atoms with van der Waals surface area (Å²) in [4.78, 5) is 22.3. The topological polar surface area (TPSA) is 114 Å². The minimum absolute atomic E-state index is 0.0335. The zero-order valence-corrected chi connectivity index (χ0v) is 13.4. The predicted octanol–water partition coefficient (Wildman–Crippen LogP) is 1.02. The van der Waals surface area contributed by atoms with Crippen molar-refractivity contribution in [1.29, 1.82) is 0 Å². The Kier molecular flexibility index (Phi) is 5.98. The monoisotopic (exact) mass is 291 g/mol. The Morgan fingerprint density at radius 2 is 1.79 bits per heavy atom. The largest absolute Gasteiger partial charge is 0.465 e. The van der Waals surface area contributed by atoms with Crippen LogP contribution in [0.4, 0.5) is 4.79 Å². The van der Waals surface area contributed by atoms with Crippen molar-refractivity contribution in [3.05, 3.63) is 0 Å². The smallest absolute Gasteiger partial charge is 0.405 e. The molecule has 0 aromatic carbocycles. The lowest BCUT2D eigenvalue weighted by atomic mass is 10.2. The molecule has 0 aliphatic carbocycles. The van der Waals surface area contributed by atoms with Gasteiger partial charge in [0.1, 0.15) is 6.04 Å². The quantitative estimate of drug-likeness (QED) is 0.261. The van der Waals surface area contributed by atoms with E-state index in [-0.39, 0.29) is 5.04 Å². The maximum absolute atomic E-state index is 11.6. The van der Waals surface area contributed by atoms with E-state index in [4.69, 9.17) is 15.4 Å². The Hall–Kier alpha value is -1.12. The van der Waals surface area contributed by atoms with Crippen LogP contribution in [0.25, 0.3) is 0 Å². The van der Waals surface area contributed by atoms with Gasteiger partial charge in [-0.25, -0.2) is 10.6 Å². The molecule has 0 fully saturated rings. The number of hydrazine groups is 1. The zero-order valence-electron chi connectivity index (χ0n) is 12.4. The third kappa shape index (κ3) is 5.17. The van der Waals surface area contributed by atoms with Gasteiger partial charge in [0.2, 0.25) is 0 Å². The van der Waals surface area contributed by atoms with Crippen molar-refractivity contribution in [1.82, 2.24) is 10.7 Å². The van der Waals surface area contributed by atoms with Crippen molar-refractivity contribution in [2.45, 2.75) is 58.0 Å². The van der Waals surface area contributed by atoms with Crippen molar-refractivity contribution < 1.29 is 19.1 Å². The number of carbonyl (C=O) groups is 2. The number of hydrogen-bond donors (Lipinski definition) is 4. The molecule has 2 atom stereocenters. The Labute approximate surface area is 115 Å². The predicted molar refractivity (Wildman–Crippen MR) is 75.0 cm³/mol. The number of carboxylic acid groups (broad SMARTS) is 1. The Bertz CT molecular complexity index is 341. The molecule has 0 aromatic heterocycles. The third-order valence-corrected chi connectivity index (χ3v) is 8.03. The van der Waals surface area contributed by atoms with Crippen molar-refractivity contribution in [3.63, 3.8) is 0 Å². The number of nitrogens with one attached hydrogen (secondary N) is 2. The Morgan fingerprint density at radius 1 is 1.32 bits per heavy atom. The fourth-order valence-corrected chi connectivity index (χ4v) is 2.75. The summed E-state index contributed by atoms with van der Waals surface area (Å²) in [7, 11) is -2.09. The maximum atomic E-state index is 11.6. The van der Waals surface area contributed by atoms with E-state index in [9.17, 15) is 9.59 Å². The van der Waals surface area contributed by atoms with Gasteiger partial charge >= 0.3 is 6.09 Å². The first kappa shape index (κ1) is 17.9. The molecule has 0 heterocycles. The van der Waals surface area contributed by atoms with E-state index in [0.29, 0.717) is 0 Å². The highest BCUT2D eigenvalue weighted by atomic mass is 28.4. The van der Waals surface area contributed by atoms with E-state index in [1.807, 2.05) is 18.5 Å². The van der Waals surface area contributed by atoms with Gasteiger partial charge in [-0.2, -0.15) is 0 Å². The number of amides is 2. The van der Waals surface area contributed by atoms with Gasteiger partial charge < -0.3 is 14.8 Å². The summed E-state index contributed by atoms with van der Waals surface area (Å²) in [5, 5.41) is 10.9. The fraction of sp³-hybridized carbons (Fsp3) is 0.818. The zero-order chi connectivity index (χ0) is 15.4. The van der Waals surface area contributed by atoms with Gasteiger partial charge in [-0.15, -0.1) is 0 Å². The van der Waals surface area contributed by atoms with Gasteiger partial charge in [-0.05, 0) is 25.1 Å². The molecule has 2 amide bonds. The van der Waals surface area contributed by atoms with Crippen molar-refractivity contribution in [3.8, 4) is 0 Å². The first-order valence-electron chi connectivity index (χ1n) is 6.10. The summed E-state index contributed by atoms with van der Waals surface area (Å²) in [6.45, 7) is 11.9. The average molecular weight is 291 g/mol. The molecule has 0 aliphatic heterocycles. The molecule has 0 unspecified atom stereocenters. The molecule has 0 spiro atoms. The highest BCUT2D eigenvalue weighted by Gasteiger charge is 2.41. The number of carbonyl (C=O) groups excluding carboxylic acids is 1. The standard InChI is InChI=1S/C11H25N3O4Si/c1-7(18-19(5,6)11(2,3)4)8(9(15)14-12)13-10(16)17/h7-8,13H,12H2,1-6H3,(H,14,15)(H,16,17)/t7-,8+/m1/s1. The van der Waals surface area contributed by atoms with E-state index in [1.54, 1.807) is 6.92 Å². The number of hydrogen-bond acceptors (Lipinski definition) is 4. The highest BCUT2D eigenvalue weighted by molar-refractivity contribution is 6.74. The van der Waals surface area contributed by atoms with E-state index >= 15 is 0 Å². The molecule has 0 aliphatic rings. The average Bonchev–Trinajstić information content (AvgIpc) is 2.22. The highest BCUT2D eigenvalue weighted by Crippen LogP contribution is 2.37. The molecule has 7 nitrogen and oxygen atoms in total. The van der Waals surface area contributed by atoms with Crippen molar-refractivity contribution in [2.75, 3.05) is 0 Å². The Morgan fingerprint density at radius 3 is 2.11 bits per heavy atom. The molecule has 0 saturated carbocycles. The van der Waals surface area contributed by atoms with E-state index in [0.717, 1.165) is 0 Å². The number of nitrogens with two attached hydrogens (primary N) is 1. The van der Waals surface area contributed by atoms with Crippen LogP contribution in [0.3, 0.4) is 0 Å². The lowest BCUT2D eigenvalue weighted by Crippen LogP contribution is -2.57. The van der Waals surface area contributed by atoms with E-state index < -0.39 is 32.5 Å². The molecule has 0 rings (SSSR count). The molecule has 0 saturated heterocycles. The van der Waals surface area contributed by atoms with Crippen LogP contribution in [-0.2, 0) is 9.22 Å². The summed E-state index contributed by atoms with van der Waals surface area (Å²) in [5.74, 6) is 4.44. The second kappa shape index (κ2) is 6.35. The van der Waals surface area contributed by atoms with Gasteiger partial charge in [-0.1, -0.05) is 20.8 Å². The van der Waals surface area contributed by atoms with Crippen LogP contribution in [0, 0.1) is 0 Å². The van der Waals surface area contributed by atoms with Gasteiger partial charge in [0, 0.05) is 0 Å². The minimum Gasteiger partial charge on any atom is -0.465 e. The van der Waals surface area contributed by atoms with Crippen molar-refractivity contribution in [2.24, 2.45) is 5.84 Å². The summed E-state index contributed by atoms with van der Waals surface area (Å²) < 4.78 is 5.98. The van der Waals surface area contributed by atoms with Crippen LogP contribution in [0.1, 0.15) is 27.7 Å². The summed E-state index contributed by atoms with van der Waals surface area (Å²) in [5.41, 5.74) is 1.95. The molecular formula is C11H25N3O4Si. The van der Waals surface area contributed by atoms with E-state index in [2.05, 4.69) is 26.1 Å². The van der Waals surface area contributed by atoms with Crippen LogP contribution in [0.15, 0.2) is 0 Å². The third-order valence-electron chi connectivity index (χ3n) is 3.46. The Balaban J connectivity index is 4.97. The lowest BCUT2D eigenvalue weighted by Gasteiger charge is -2.39. The first-order valence-corrected chi connectivity index (χ1v) is 9.01. The van der Waals surface area contributed by atoms with Gasteiger partial charge in [0.15, 0.2) is 8.32 Å². The SMILES string of the molecule is C[C@@H](O[Si](C)(C)C(C)(C)C)[C@H](NC(=O)O)C(=O)NN. The van der Waals surface area contributed by atoms with Gasteiger partial charge in [-0.3, -0.25) is 10.2 Å². The maximum Gasteiger partial charge on any atom is 0.405 e. The van der Waals surface area contributed by atoms with Crippen LogP contribution < -0.4 is 16.6 Å². The molecular weight excluding hydrogens is 266 g/mol. The van der Waals surface area contributed by atoms with Crippen LogP contribution in [0.5, 0.6) is 0 Å². The minimum atomic E-state index is -2.09. The number of rotatable bonds is 5. The van der Waals surface area contributed by atoms with Crippen LogP contribution in [-0.4, -0.2) is 37.6 Å². The first-order chi connectivity index (χ1) is 8.42. The van der Waals surface area contributed by atoms with Gasteiger partial charge in [0.25, 0.3) is 5.91 Å². The molecule has 0 bridgehead atoms. The lowest BCUT2D eigenvalue weighted by molar-refractivity contribution is -0.125. The normalized spacial score (nSPS) is 15.5. The van der Waals surface area contributed by atoms with Gasteiger partial charge in [0.05, 0.1) is 6.10 Å². The molecule has 112 valence electrons. The molecule has 0 aromatic rings. The van der Waals surface area contributed by atoms with Crippen molar-refractivity contribution >= 4 is 20.3 Å². The molecule has 0 radical (unpaired) electrons. The fourth-order valence-electron chi connectivity index (χ4n) is 1.33. The second-order valence-corrected chi connectivity index (χ2v) is 10.8. The molecule has 5 N–H and O–H groups in total. The summed E-state index contributed by atoms with van der Waals surface area (Å²) >= 11 is 0. The molecule has 19 heavy (non-hydrogen) atoms. The van der Waals surface area contributed by atoms with Crippen LogP contribution in [0.2, 0.25) is 18.1 Å². The summed E-state index contributed by atoms with van der Waals surface area (Å²) in [6.07, 6.45) is -1.89. The molecule has 8 heteroatoms. The summed E-state index contributed by atoms with van der Waals surface area (Å²) in [6, 6.07) is -1.03. The van der Waals surface area contributed by atoms with E-state index in [1.165, 1.54) is 0 Å². The second-order valence-electron chi connectivity index (χ2n) is 6.02. The van der Waals surface area contributed by atoms with Crippen LogP contribution >= 0.6 is 0 Å².